The Morgan fingerprint density at radius 1 is 0.413 bits per heavy atom. The molecule has 0 fully saturated rings. The minimum Gasteiger partial charge on any atom is -0.456 e. The monoisotopic (exact) mass is 586 g/mol. The van der Waals surface area contributed by atoms with E-state index in [-0.39, 0.29) is 0 Å². The van der Waals surface area contributed by atoms with Gasteiger partial charge in [-0.2, -0.15) is 9.97 Å². The fourth-order valence-corrected chi connectivity index (χ4v) is 7.67. The summed E-state index contributed by atoms with van der Waals surface area (Å²) >= 11 is 0. The topological polar surface area (TPSA) is 56.7 Å². The lowest BCUT2D eigenvalue weighted by Gasteiger charge is -2.13. The second-order valence-corrected chi connectivity index (χ2v) is 12.0. The highest BCUT2D eigenvalue weighted by Gasteiger charge is 2.24. The quantitative estimate of drug-likeness (QED) is 0.153. The normalized spacial score (nSPS) is 12.3. The Bertz CT molecular complexity index is 2970. The Kier molecular flexibility index (Phi) is 4.52. The molecule has 5 heteroatoms. The van der Waals surface area contributed by atoms with Gasteiger partial charge in [0.2, 0.25) is 5.95 Å². The first-order valence-corrected chi connectivity index (χ1v) is 15.5. The van der Waals surface area contributed by atoms with Crippen LogP contribution in [0.3, 0.4) is 0 Å². The Morgan fingerprint density at radius 2 is 1.09 bits per heavy atom. The molecule has 0 aliphatic carbocycles. The molecule has 3 heterocycles. The predicted molar refractivity (Wildman–Crippen MR) is 187 cm³/mol. The van der Waals surface area contributed by atoms with Gasteiger partial charge in [0.05, 0.1) is 11.0 Å². The molecule has 11 rings (SSSR count). The number of hydrogen-bond donors (Lipinski definition) is 0. The standard InChI is InChI=1S/C41H22N4O/c1-2-9-25(10-3-1)39-42-40(29-15-8-18-33-36(29)28-12-4-5-17-32(28)46-33)44-41(43-39)45-30-16-7-14-27-26-13-6-11-23-19-20-24-21-22-31(45)38(37(27)30)35(24)34(23)26/h1-22H. The summed E-state index contributed by atoms with van der Waals surface area (Å²) in [4.78, 5) is 15.6. The van der Waals surface area contributed by atoms with Crippen LogP contribution in [-0.2, 0) is 0 Å². The van der Waals surface area contributed by atoms with Gasteiger partial charge in [0.25, 0.3) is 0 Å². The summed E-state index contributed by atoms with van der Waals surface area (Å²) in [7, 11) is 0. The van der Waals surface area contributed by atoms with E-state index in [9.17, 15) is 0 Å². The smallest absolute Gasteiger partial charge is 0.238 e. The highest BCUT2D eigenvalue weighted by atomic mass is 16.3. The molecule has 46 heavy (non-hydrogen) atoms. The van der Waals surface area contributed by atoms with Crippen molar-refractivity contribution in [2.24, 2.45) is 0 Å². The van der Waals surface area contributed by atoms with Crippen molar-refractivity contribution in [3.63, 3.8) is 0 Å². The number of benzene rings is 8. The lowest BCUT2D eigenvalue weighted by molar-refractivity contribution is 0.669. The molecule has 0 aliphatic rings. The van der Waals surface area contributed by atoms with Crippen LogP contribution in [0.25, 0.3) is 105 Å². The van der Waals surface area contributed by atoms with Gasteiger partial charge >= 0.3 is 0 Å². The minimum atomic E-state index is 0.586. The van der Waals surface area contributed by atoms with E-state index >= 15 is 0 Å². The van der Waals surface area contributed by atoms with E-state index in [2.05, 4.69) is 89.5 Å². The molecule has 0 saturated heterocycles. The Hall–Kier alpha value is -6.33. The molecule has 8 aromatic carbocycles. The second-order valence-electron chi connectivity index (χ2n) is 12.0. The van der Waals surface area contributed by atoms with Gasteiger partial charge in [-0.3, -0.25) is 4.57 Å². The molecule has 0 amide bonds. The molecule has 212 valence electrons. The lowest BCUT2D eigenvalue weighted by Crippen LogP contribution is -2.06. The summed E-state index contributed by atoms with van der Waals surface area (Å²) in [6.07, 6.45) is 0. The van der Waals surface area contributed by atoms with Crippen LogP contribution < -0.4 is 0 Å². The SMILES string of the molecule is c1ccc(-c2nc(-c3cccc4oc5ccccc5c34)nc(-n3c4cccc5c6cccc7ccc8ccc3c(c8c76)c54)n2)cc1. The van der Waals surface area contributed by atoms with Crippen molar-refractivity contribution < 1.29 is 4.42 Å². The van der Waals surface area contributed by atoms with Gasteiger partial charge < -0.3 is 4.42 Å². The van der Waals surface area contributed by atoms with Crippen molar-refractivity contribution in [3.8, 4) is 28.7 Å². The van der Waals surface area contributed by atoms with Crippen LogP contribution in [0.4, 0.5) is 0 Å². The summed E-state index contributed by atoms with van der Waals surface area (Å²) in [6.45, 7) is 0. The van der Waals surface area contributed by atoms with E-state index in [1.165, 1.54) is 43.1 Å². The molecule has 0 unspecified atom stereocenters. The molecule has 0 N–H and O–H groups in total. The first kappa shape index (κ1) is 24.0. The van der Waals surface area contributed by atoms with Crippen molar-refractivity contribution in [2.75, 3.05) is 0 Å². The zero-order chi connectivity index (χ0) is 29.9. The number of furan rings is 1. The lowest BCUT2D eigenvalue weighted by atomic mass is 9.89. The first-order chi connectivity index (χ1) is 22.8. The van der Waals surface area contributed by atoms with E-state index in [0.717, 1.165) is 44.1 Å². The average molecular weight is 587 g/mol. The number of nitrogens with zero attached hydrogens (tertiary/aromatic N) is 4. The molecular weight excluding hydrogens is 564 g/mol. The van der Waals surface area contributed by atoms with Crippen molar-refractivity contribution in [2.45, 2.75) is 0 Å². The molecule has 0 bridgehead atoms. The van der Waals surface area contributed by atoms with Crippen molar-refractivity contribution >= 4 is 76.1 Å². The van der Waals surface area contributed by atoms with E-state index in [1.54, 1.807) is 0 Å². The Labute approximate surface area is 261 Å². The molecule has 0 radical (unpaired) electrons. The summed E-state index contributed by atoms with van der Waals surface area (Å²) in [6, 6.07) is 46.5. The third-order valence-electron chi connectivity index (χ3n) is 9.57. The molecule has 0 saturated carbocycles. The van der Waals surface area contributed by atoms with Gasteiger partial charge in [0.15, 0.2) is 11.6 Å². The summed E-state index contributed by atoms with van der Waals surface area (Å²) in [5.74, 6) is 1.81. The van der Waals surface area contributed by atoms with Gasteiger partial charge in [0.1, 0.15) is 11.2 Å². The van der Waals surface area contributed by atoms with E-state index in [1.807, 2.05) is 48.5 Å². The molecule has 0 spiro atoms. The van der Waals surface area contributed by atoms with Crippen LogP contribution >= 0.6 is 0 Å². The predicted octanol–water partition coefficient (Wildman–Crippen LogP) is 10.5. The number of hydrogen-bond acceptors (Lipinski definition) is 4. The van der Waals surface area contributed by atoms with Crippen LogP contribution in [0.2, 0.25) is 0 Å². The number of aromatic nitrogens is 4. The van der Waals surface area contributed by atoms with Crippen LogP contribution in [0.15, 0.2) is 138 Å². The van der Waals surface area contributed by atoms with E-state index in [4.69, 9.17) is 19.4 Å². The van der Waals surface area contributed by atoms with Crippen LogP contribution in [0, 0.1) is 0 Å². The fraction of sp³-hybridized carbons (Fsp3) is 0. The third-order valence-corrected chi connectivity index (χ3v) is 9.57. The number of rotatable bonds is 3. The van der Waals surface area contributed by atoms with Crippen LogP contribution in [0.1, 0.15) is 0 Å². The van der Waals surface area contributed by atoms with E-state index in [0.29, 0.717) is 17.6 Å². The molecule has 11 aromatic rings. The zero-order valence-corrected chi connectivity index (χ0v) is 24.4. The van der Waals surface area contributed by atoms with Gasteiger partial charge in [-0.25, -0.2) is 4.98 Å². The molecule has 0 aliphatic heterocycles. The highest BCUT2D eigenvalue weighted by Crippen LogP contribution is 2.47. The van der Waals surface area contributed by atoms with Crippen LogP contribution in [0.5, 0.6) is 0 Å². The van der Waals surface area contributed by atoms with Crippen LogP contribution in [-0.4, -0.2) is 19.5 Å². The van der Waals surface area contributed by atoms with Gasteiger partial charge in [-0.15, -0.1) is 0 Å². The number of fused-ring (bicyclic) bond motifs is 4. The van der Waals surface area contributed by atoms with Crippen molar-refractivity contribution in [1.29, 1.82) is 0 Å². The van der Waals surface area contributed by atoms with E-state index < -0.39 is 0 Å². The van der Waals surface area contributed by atoms with Gasteiger partial charge in [-0.1, -0.05) is 109 Å². The Balaban J connectivity index is 1.30. The molecule has 5 nitrogen and oxygen atoms in total. The molecular formula is C41H22N4O. The van der Waals surface area contributed by atoms with Crippen molar-refractivity contribution in [1.82, 2.24) is 19.5 Å². The largest absolute Gasteiger partial charge is 0.456 e. The fourth-order valence-electron chi connectivity index (χ4n) is 7.67. The Morgan fingerprint density at radius 3 is 2.00 bits per heavy atom. The molecule has 3 aromatic heterocycles. The highest BCUT2D eigenvalue weighted by molar-refractivity contribution is 6.40. The minimum absolute atomic E-state index is 0.586. The maximum atomic E-state index is 6.26. The number of para-hydroxylation sites is 1. The average Bonchev–Trinajstić information content (AvgIpc) is 3.67. The summed E-state index contributed by atoms with van der Waals surface area (Å²) < 4.78 is 8.48. The van der Waals surface area contributed by atoms with Crippen molar-refractivity contribution in [3.05, 3.63) is 133 Å². The maximum absolute atomic E-state index is 6.26. The maximum Gasteiger partial charge on any atom is 0.238 e. The second kappa shape index (κ2) is 8.65. The van der Waals surface area contributed by atoms with Gasteiger partial charge in [-0.05, 0) is 51.2 Å². The van der Waals surface area contributed by atoms with Gasteiger partial charge in [0, 0.05) is 38.1 Å². The third kappa shape index (κ3) is 3.06. The first-order valence-electron chi connectivity index (χ1n) is 15.5. The zero-order valence-electron chi connectivity index (χ0n) is 24.4. The molecule has 0 atom stereocenters. The summed E-state index contributed by atoms with van der Waals surface area (Å²) in [5, 5.41) is 12.1. The summed E-state index contributed by atoms with van der Waals surface area (Å²) in [5.41, 5.74) is 5.65.